The number of likely N-dealkylation sites (tertiary alicyclic amines) is 1. The third-order valence-corrected chi connectivity index (χ3v) is 4.52. The molecule has 0 bridgehead atoms. The highest BCUT2D eigenvalue weighted by Crippen LogP contribution is 2.33. The van der Waals surface area contributed by atoms with E-state index in [-0.39, 0.29) is 0 Å². The molecule has 1 fully saturated rings. The van der Waals surface area contributed by atoms with E-state index >= 15 is 0 Å². The van der Waals surface area contributed by atoms with Gasteiger partial charge in [0.2, 0.25) is 0 Å². The van der Waals surface area contributed by atoms with E-state index in [1.807, 2.05) is 6.07 Å². The van der Waals surface area contributed by atoms with Gasteiger partial charge in [0, 0.05) is 0 Å². The number of piperidine rings is 1. The molecule has 3 heteroatoms. The van der Waals surface area contributed by atoms with Gasteiger partial charge in [-0.2, -0.15) is 0 Å². The van der Waals surface area contributed by atoms with E-state index in [2.05, 4.69) is 30.0 Å². The van der Waals surface area contributed by atoms with Gasteiger partial charge in [-0.1, -0.05) is 19.1 Å². The molecular formula is C17H28N2O. The standard InChI is InChI=1S/C17H28N2O/c1-3-9-19-10-7-14(8-11-19)17(13-18)15-5-4-6-16(12-15)20-2/h4-6,12,14,17H,3,7-11,13,18H2,1-2H3. The Hall–Kier alpha value is -1.06. The number of ether oxygens (including phenoxy) is 1. The van der Waals surface area contributed by atoms with Crippen LogP contribution in [0.5, 0.6) is 5.75 Å². The van der Waals surface area contributed by atoms with Crippen LogP contribution in [0.15, 0.2) is 24.3 Å². The van der Waals surface area contributed by atoms with Gasteiger partial charge in [0.15, 0.2) is 0 Å². The van der Waals surface area contributed by atoms with Crippen molar-refractivity contribution in [3.05, 3.63) is 29.8 Å². The maximum Gasteiger partial charge on any atom is 0.119 e. The Bertz CT molecular complexity index is 400. The minimum Gasteiger partial charge on any atom is -0.497 e. The van der Waals surface area contributed by atoms with Crippen molar-refractivity contribution in [2.24, 2.45) is 11.7 Å². The van der Waals surface area contributed by atoms with Crippen LogP contribution in [0.25, 0.3) is 0 Å². The highest BCUT2D eigenvalue weighted by Gasteiger charge is 2.26. The molecule has 112 valence electrons. The zero-order valence-electron chi connectivity index (χ0n) is 12.8. The first-order chi connectivity index (χ1) is 9.78. The second-order valence-electron chi connectivity index (χ2n) is 5.80. The molecule has 1 heterocycles. The molecule has 20 heavy (non-hydrogen) atoms. The average Bonchev–Trinajstić information content (AvgIpc) is 2.50. The molecule has 1 aromatic carbocycles. The smallest absolute Gasteiger partial charge is 0.119 e. The molecule has 1 unspecified atom stereocenters. The predicted molar refractivity (Wildman–Crippen MR) is 84.2 cm³/mol. The van der Waals surface area contributed by atoms with Gasteiger partial charge in [-0.15, -0.1) is 0 Å². The summed E-state index contributed by atoms with van der Waals surface area (Å²) in [5.41, 5.74) is 7.40. The summed E-state index contributed by atoms with van der Waals surface area (Å²) >= 11 is 0. The van der Waals surface area contributed by atoms with Gasteiger partial charge in [0.1, 0.15) is 5.75 Å². The number of nitrogens with zero attached hydrogens (tertiary/aromatic N) is 1. The number of nitrogens with two attached hydrogens (primary N) is 1. The van der Waals surface area contributed by atoms with Crippen LogP contribution < -0.4 is 10.5 Å². The van der Waals surface area contributed by atoms with Crippen molar-refractivity contribution in [3.8, 4) is 5.75 Å². The summed E-state index contributed by atoms with van der Waals surface area (Å²) in [6.07, 6.45) is 3.78. The lowest BCUT2D eigenvalue weighted by Crippen LogP contribution is -2.37. The molecule has 2 rings (SSSR count). The molecule has 3 nitrogen and oxygen atoms in total. The van der Waals surface area contributed by atoms with Crippen molar-refractivity contribution in [1.82, 2.24) is 4.90 Å². The molecule has 0 spiro atoms. The van der Waals surface area contributed by atoms with Crippen molar-refractivity contribution < 1.29 is 4.74 Å². The zero-order chi connectivity index (χ0) is 14.4. The average molecular weight is 276 g/mol. The van der Waals surface area contributed by atoms with E-state index in [9.17, 15) is 0 Å². The van der Waals surface area contributed by atoms with Crippen molar-refractivity contribution >= 4 is 0 Å². The second kappa shape index (κ2) is 7.65. The lowest BCUT2D eigenvalue weighted by molar-refractivity contribution is 0.169. The number of hydrogen-bond acceptors (Lipinski definition) is 3. The summed E-state index contributed by atoms with van der Waals surface area (Å²) in [5, 5.41) is 0. The first-order valence-electron chi connectivity index (χ1n) is 7.84. The summed E-state index contributed by atoms with van der Waals surface area (Å²) < 4.78 is 5.34. The van der Waals surface area contributed by atoms with Crippen LogP contribution in [0, 0.1) is 5.92 Å². The molecule has 0 aliphatic carbocycles. The van der Waals surface area contributed by atoms with E-state index in [1.54, 1.807) is 7.11 Å². The molecule has 0 saturated carbocycles. The SMILES string of the molecule is CCCN1CCC(C(CN)c2cccc(OC)c2)CC1. The van der Waals surface area contributed by atoms with E-state index in [0.29, 0.717) is 11.8 Å². The molecule has 0 aromatic heterocycles. The summed E-state index contributed by atoms with van der Waals surface area (Å²) in [6, 6.07) is 8.42. The minimum atomic E-state index is 0.467. The molecule has 2 N–H and O–H groups in total. The van der Waals surface area contributed by atoms with Crippen molar-refractivity contribution in [2.45, 2.75) is 32.1 Å². The van der Waals surface area contributed by atoms with Gasteiger partial charge in [-0.05, 0) is 75.0 Å². The van der Waals surface area contributed by atoms with Gasteiger partial charge in [-0.3, -0.25) is 0 Å². The quantitative estimate of drug-likeness (QED) is 0.868. The lowest BCUT2D eigenvalue weighted by Gasteiger charge is -2.36. The molecule has 1 aliphatic rings. The largest absolute Gasteiger partial charge is 0.497 e. The third kappa shape index (κ3) is 3.74. The number of hydrogen-bond donors (Lipinski definition) is 1. The monoisotopic (exact) mass is 276 g/mol. The van der Waals surface area contributed by atoms with Crippen LogP contribution >= 0.6 is 0 Å². The third-order valence-electron chi connectivity index (χ3n) is 4.52. The van der Waals surface area contributed by atoms with Gasteiger partial charge in [0.25, 0.3) is 0 Å². The fourth-order valence-electron chi connectivity index (χ4n) is 3.37. The van der Waals surface area contributed by atoms with E-state index in [4.69, 9.17) is 10.5 Å². The van der Waals surface area contributed by atoms with E-state index in [0.717, 1.165) is 12.3 Å². The van der Waals surface area contributed by atoms with Crippen molar-refractivity contribution in [2.75, 3.05) is 33.3 Å². The maximum atomic E-state index is 6.07. The summed E-state index contributed by atoms with van der Waals surface area (Å²) in [6.45, 7) is 6.66. The van der Waals surface area contributed by atoms with Gasteiger partial charge >= 0.3 is 0 Å². The van der Waals surface area contributed by atoms with E-state index in [1.165, 1.54) is 44.5 Å². The van der Waals surface area contributed by atoms with Gasteiger partial charge in [-0.25, -0.2) is 0 Å². The first-order valence-corrected chi connectivity index (χ1v) is 7.84. The first kappa shape index (κ1) is 15.3. The zero-order valence-corrected chi connectivity index (χ0v) is 12.8. The Morgan fingerprint density at radius 2 is 2.10 bits per heavy atom. The predicted octanol–water partition coefficient (Wildman–Crippen LogP) is 2.86. The Morgan fingerprint density at radius 3 is 2.70 bits per heavy atom. The maximum absolute atomic E-state index is 6.07. The number of rotatable bonds is 6. The van der Waals surface area contributed by atoms with Gasteiger partial charge < -0.3 is 15.4 Å². The number of methoxy groups -OCH3 is 1. The highest BCUT2D eigenvalue weighted by molar-refractivity contribution is 5.31. The normalized spacial score (nSPS) is 18.9. The Kier molecular flexibility index (Phi) is 5.86. The van der Waals surface area contributed by atoms with E-state index < -0.39 is 0 Å². The molecule has 1 saturated heterocycles. The topological polar surface area (TPSA) is 38.5 Å². The Morgan fingerprint density at radius 1 is 1.35 bits per heavy atom. The summed E-state index contributed by atoms with van der Waals surface area (Å²) in [4.78, 5) is 2.58. The molecule has 0 amide bonds. The molecular weight excluding hydrogens is 248 g/mol. The Balaban J connectivity index is 2.01. The lowest BCUT2D eigenvalue weighted by atomic mass is 9.80. The van der Waals surface area contributed by atoms with Crippen molar-refractivity contribution in [1.29, 1.82) is 0 Å². The number of benzene rings is 1. The van der Waals surface area contributed by atoms with Crippen LogP contribution in [-0.4, -0.2) is 38.2 Å². The fraction of sp³-hybridized carbons (Fsp3) is 0.647. The van der Waals surface area contributed by atoms with Crippen LogP contribution in [0.1, 0.15) is 37.7 Å². The minimum absolute atomic E-state index is 0.467. The molecule has 1 aromatic rings. The summed E-state index contributed by atoms with van der Waals surface area (Å²) in [5.74, 6) is 2.11. The molecule has 1 aliphatic heterocycles. The van der Waals surface area contributed by atoms with Crippen LogP contribution in [0.4, 0.5) is 0 Å². The fourth-order valence-corrected chi connectivity index (χ4v) is 3.37. The van der Waals surface area contributed by atoms with Crippen molar-refractivity contribution in [3.63, 3.8) is 0 Å². The molecule has 0 radical (unpaired) electrons. The van der Waals surface area contributed by atoms with Crippen LogP contribution in [0.2, 0.25) is 0 Å². The summed E-state index contributed by atoms with van der Waals surface area (Å²) in [7, 11) is 1.72. The van der Waals surface area contributed by atoms with Gasteiger partial charge in [0.05, 0.1) is 7.11 Å². The van der Waals surface area contributed by atoms with Crippen LogP contribution in [-0.2, 0) is 0 Å². The molecule has 1 atom stereocenters. The Labute approximate surface area is 123 Å². The second-order valence-corrected chi connectivity index (χ2v) is 5.80. The highest BCUT2D eigenvalue weighted by atomic mass is 16.5. The van der Waals surface area contributed by atoms with Crippen LogP contribution in [0.3, 0.4) is 0 Å².